The van der Waals surface area contributed by atoms with Gasteiger partial charge in [0.25, 0.3) is 0 Å². The molecule has 4 aromatic rings. The minimum absolute atomic E-state index is 0.238. The van der Waals surface area contributed by atoms with Crippen molar-refractivity contribution < 1.29 is 19.0 Å². The zero-order chi connectivity index (χ0) is 30.5. The summed E-state index contributed by atoms with van der Waals surface area (Å²) in [6.07, 6.45) is 0. The Morgan fingerprint density at radius 1 is 1.07 bits per heavy atom. The summed E-state index contributed by atoms with van der Waals surface area (Å²) in [5.74, 6) is 1.77. The van der Waals surface area contributed by atoms with Crippen LogP contribution in [0.2, 0.25) is 5.02 Å². The first-order valence-electron chi connectivity index (χ1n) is 13.6. The summed E-state index contributed by atoms with van der Waals surface area (Å²) in [6.45, 7) is 6.53. The molecule has 0 fully saturated rings. The molecular weight excluding hydrogens is 720 g/mol. The van der Waals surface area contributed by atoms with E-state index in [9.17, 15) is 4.79 Å². The fourth-order valence-corrected chi connectivity index (χ4v) is 6.80. The van der Waals surface area contributed by atoms with E-state index in [2.05, 4.69) is 37.2 Å². The Kier molecular flexibility index (Phi) is 10.4. The molecule has 0 aliphatic carbocycles. The molecule has 0 amide bonds. The molecule has 0 spiro atoms. The van der Waals surface area contributed by atoms with E-state index in [0.717, 1.165) is 21.2 Å². The number of carbonyl (C=O) groups is 1. The van der Waals surface area contributed by atoms with Crippen molar-refractivity contribution in [3.63, 3.8) is 0 Å². The van der Waals surface area contributed by atoms with Crippen molar-refractivity contribution in [1.29, 1.82) is 0 Å². The minimum Gasteiger partial charge on any atom is -0.490 e. The van der Waals surface area contributed by atoms with Crippen LogP contribution in [-0.2, 0) is 21.9 Å². The lowest BCUT2D eigenvalue weighted by Crippen LogP contribution is -2.29. The first-order valence-corrected chi connectivity index (χ1v) is 16.5. The number of thioether (sulfide) groups is 1. The molecule has 8 nitrogen and oxygen atoms in total. The largest absolute Gasteiger partial charge is 0.490 e. The van der Waals surface area contributed by atoms with Gasteiger partial charge >= 0.3 is 5.97 Å². The number of allylic oxidation sites excluding steroid dienone is 1. The lowest BCUT2D eigenvalue weighted by atomic mass is 9.95. The number of hydrogen-bond donors (Lipinski definition) is 1. The molecule has 1 aliphatic rings. The number of benzene rings is 3. The van der Waals surface area contributed by atoms with E-state index in [0.29, 0.717) is 62.3 Å². The van der Waals surface area contributed by atoms with Gasteiger partial charge in [0, 0.05) is 20.9 Å². The lowest BCUT2D eigenvalue weighted by molar-refractivity contribution is -0.139. The molecule has 224 valence electrons. The number of halogens is 3. The third kappa shape index (κ3) is 7.22. The first-order chi connectivity index (χ1) is 20.8. The summed E-state index contributed by atoms with van der Waals surface area (Å²) in [4.78, 5) is 18.1. The number of rotatable bonds is 11. The maximum Gasteiger partial charge on any atom is 0.338 e. The van der Waals surface area contributed by atoms with E-state index in [-0.39, 0.29) is 6.61 Å². The molecule has 1 aromatic heterocycles. The van der Waals surface area contributed by atoms with Gasteiger partial charge < -0.3 is 19.5 Å². The number of hydrogen-bond acceptors (Lipinski definition) is 8. The van der Waals surface area contributed by atoms with Crippen LogP contribution in [0.25, 0.3) is 0 Å². The zero-order valence-corrected chi connectivity index (χ0v) is 28.4. The van der Waals surface area contributed by atoms with Crippen molar-refractivity contribution in [2.75, 3.05) is 18.5 Å². The van der Waals surface area contributed by atoms with Gasteiger partial charge in [-0.25, -0.2) is 9.48 Å². The van der Waals surface area contributed by atoms with Gasteiger partial charge in [0.15, 0.2) is 11.5 Å². The van der Waals surface area contributed by atoms with Crippen molar-refractivity contribution in [3.05, 3.63) is 103 Å². The monoisotopic (exact) mass is 746 g/mol. The number of nitrogens with zero attached hydrogens (tertiary/aromatic N) is 3. The van der Waals surface area contributed by atoms with E-state index < -0.39 is 12.0 Å². The number of ether oxygens (including phenoxy) is 3. The van der Waals surface area contributed by atoms with Crippen LogP contribution in [0.1, 0.15) is 43.5 Å². The predicted octanol–water partition coefficient (Wildman–Crippen LogP) is 8.58. The molecule has 3 aromatic carbocycles. The number of aromatic nitrogens is 3. The molecule has 1 N–H and O–H groups in total. The summed E-state index contributed by atoms with van der Waals surface area (Å²) in [7, 11) is 0. The highest BCUT2D eigenvalue weighted by Crippen LogP contribution is 2.44. The molecule has 0 saturated carbocycles. The fraction of sp³-hybridized carbons (Fsp3) is 0.258. The first kappa shape index (κ1) is 31.4. The van der Waals surface area contributed by atoms with Crippen LogP contribution in [0.3, 0.4) is 0 Å². The van der Waals surface area contributed by atoms with Gasteiger partial charge in [-0.1, -0.05) is 69.6 Å². The van der Waals surface area contributed by atoms with Gasteiger partial charge in [-0.15, -0.1) is 5.10 Å². The van der Waals surface area contributed by atoms with Gasteiger partial charge in [-0.2, -0.15) is 4.98 Å². The molecule has 2 heterocycles. The van der Waals surface area contributed by atoms with Crippen LogP contribution in [0.4, 0.5) is 5.95 Å². The summed E-state index contributed by atoms with van der Waals surface area (Å²) in [5.41, 5.74) is 3.80. The normalized spacial score (nSPS) is 14.2. The second-order valence-corrected chi connectivity index (χ2v) is 12.6. The second-order valence-electron chi connectivity index (χ2n) is 9.51. The van der Waals surface area contributed by atoms with Crippen molar-refractivity contribution in [1.82, 2.24) is 14.8 Å². The Balaban J connectivity index is 1.53. The molecular formula is C31H29Br2ClN4O4S. The highest BCUT2D eigenvalue weighted by molar-refractivity contribution is 9.10. The third-order valence-electron chi connectivity index (χ3n) is 6.56. The topological polar surface area (TPSA) is 87.5 Å². The highest BCUT2D eigenvalue weighted by atomic mass is 79.9. The Morgan fingerprint density at radius 2 is 1.88 bits per heavy atom. The van der Waals surface area contributed by atoms with Crippen molar-refractivity contribution in [3.8, 4) is 11.5 Å². The summed E-state index contributed by atoms with van der Waals surface area (Å²) in [5, 5.41) is 9.30. The minimum atomic E-state index is -0.632. The van der Waals surface area contributed by atoms with Crippen LogP contribution in [0.15, 0.2) is 86.0 Å². The Hall–Kier alpha value is -2.99. The maximum atomic E-state index is 13.3. The lowest BCUT2D eigenvalue weighted by Gasteiger charge is -2.28. The van der Waals surface area contributed by atoms with E-state index >= 15 is 0 Å². The van der Waals surface area contributed by atoms with Crippen molar-refractivity contribution in [2.24, 2.45) is 0 Å². The SMILES string of the molecule is CCOC(=O)C1=C(C)Nc2nc(SCc3ccccc3Cl)nn2C1c1cc(Br)c(OCc2cccc(Br)c2)c(OCC)c1. The van der Waals surface area contributed by atoms with Crippen molar-refractivity contribution in [2.45, 2.75) is 44.3 Å². The van der Waals surface area contributed by atoms with Crippen molar-refractivity contribution >= 4 is 67.1 Å². The summed E-state index contributed by atoms with van der Waals surface area (Å²) < 4.78 is 21.1. The molecule has 43 heavy (non-hydrogen) atoms. The van der Waals surface area contributed by atoms with Gasteiger partial charge in [-0.3, -0.25) is 0 Å². The van der Waals surface area contributed by atoms with Gasteiger partial charge in [0.05, 0.1) is 23.3 Å². The highest BCUT2D eigenvalue weighted by Gasteiger charge is 2.36. The molecule has 1 aliphatic heterocycles. The maximum absolute atomic E-state index is 13.3. The Morgan fingerprint density at radius 3 is 2.63 bits per heavy atom. The van der Waals surface area contributed by atoms with Gasteiger partial charge in [0.2, 0.25) is 11.1 Å². The van der Waals surface area contributed by atoms with Gasteiger partial charge in [0.1, 0.15) is 12.6 Å². The van der Waals surface area contributed by atoms with E-state index in [4.69, 9.17) is 35.9 Å². The van der Waals surface area contributed by atoms with Crippen LogP contribution in [0.5, 0.6) is 11.5 Å². The average Bonchev–Trinajstić information content (AvgIpc) is 3.38. The Labute approximate surface area is 276 Å². The fourth-order valence-electron chi connectivity index (χ4n) is 4.66. The number of anilines is 1. The van der Waals surface area contributed by atoms with Gasteiger partial charge in [-0.05, 0) is 83.7 Å². The molecule has 1 unspecified atom stereocenters. The molecule has 1 atom stereocenters. The Bertz CT molecular complexity index is 1680. The summed E-state index contributed by atoms with van der Waals surface area (Å²) in [6, 6.07) is 18.8. The van der Waals surface area contributed by atoms with E-state index in [1.165, 1.54) is 11.8 Å². The standard InChI is InChI=1S/C31H29Br2ClN4O4S/c1-4-40-25-15-21(14-23(33)28(25)42-16-19-9-8-11-22(32)13-19)27-26(29(39)41-5-2)18(3)35-30-36-31(37-38(27)30)43-17-20-10-6-7-12-24(20)34/h6-15,27H,4-5,16-17H2,1-3H3,(H,35,36,37). The predicted molar refractivity (Wildman–Crippen MR) is 176 cm³/mol. The van der Waals surface area contributed by atoms with Crippen LogP contribution in [-0.4, -0.2) is 33.9 Å². The van der Waals surface area contributed by atoms with Crippen LogP contribution < -0.4 is 14.8 Å². The molecule has 5 rings (SSSR count). The number of esters is 1. The summed E-state index contributed by atoms with van der Waals surface area (Å²) >= 11 is 15.0. The number of nitrogens with one attached hydrogen (secondary N) is 1. The smallest absolute Gasteiger partial charge is 0.338 e. The number of carbonyl (C=O) groups excluding carboxylic acids is 1. The third-order valence-corrected chi connectivity index (χ3v) is 8.90. The van der Waals surface area contributed by atoms with Crippen LogP contribution >= 0.6 is 55.2 Å². The van der Waals surface area contributed by atoms with E-state index in [1.54, 1.807) is 11.6 Å². The zero-order valence-electron chi connectivity index (χ0n) is 23.7. The molecule has 0 radical (unpaired) electrons. The van der Waals surface area contributed by atoms with Crippen LogP contribution in [0, 0.1) is 0 Å². The molecule has 0 saturated heterocycles. The average molecular weight is 749 g/mol. The second kappa shape index (κ2) is 14.2. The van der Waals surface area contributed by atoms with E-state index in [1.807, 2.05) is 74.5 Å². The molecule has 0 bridgehead atoms. The molecule has 12 heteroatoms. The quantitative estimate of drug-likeness (QED) is 0.121. The number of fused-ring (bicyclic) bond motifs is 1.